The van der Waals surface area contributed by atoms with Crippen LogP contribution in [0.1, 0.15) is 24.8 Å². The summed E-state index contributed by atoms with van der Waals surface area (Å²) in [7, 11) is 1.69. The zero-order valence-electron chi connectivity index (χ0n) is 17.8. The zero-order valence-corrected chi connectivity index (χ0v) is 17.8. The number of anilines is 2. The van der Waals surface area contributed by atoms with Crippen LogP contribution >= 0.6 is 0 Å². The molecule has 3 N–H and O–H groups in total. The Hall–Kier alpha value is -3.19. The number of likely N-dealkylation sites (tertiary alicyclic amines) is 1. The second-order valence-electron chi connectivity index (χ2n) is 8.42. The van der Waals surface area contributed by atoms with E-state index in [0.717, 1.165) is 35.5 Å². The molecule has 0 saturated carbocycles. The SMILES string of the molecule is CN=Cc1cc(-c2ccc3nc(N4CCC(N5CCCC5)C4)ccc3n2)c(O)cc1N. The highest BCUT2D eigenvalue weighted by atomic mass is 16.3. The summed E-state index contributed by atoms with van der Waals surface area (Å²) in [6, 6.07) is 12.0. The summed E-state index contributed by atoms with van der Waals surface area (Å²) in [5.41, 5.74) is 10.2. The Kier molecular flexibility index (Phi) is 5.19. The highest BCUT2D eigenvalue weighted by Gasteiger charge is 2.29. The molecule has 0 amide bonds. The average molecular weight is 417 g/mol. The van der Waals surface area contributed by atoms with Gasteiger partial charge in [0.05, 0.1) is 16.7 Å². The summed E-state index contributed by atoms with van der Waals surface area (Å²) in [6.45, 7) is 4.57. The van der Waals surface area contributed by atoms with Gasteiger partial charge < -0.3 is 15.7 Å². The lowest BCUT2D eigenvalue weighted by molar-refractivity contribution is 0.260. The maximum Gasteiger partial charge on any atom is 0.129 e. The van der Waals surface area contributed by atoms with Gasteiger partial charge in [0.25, 0.3) is 0 Å². The Balaban J connectivity index is 1.41. The number of nitrogen functional groups attached to an aromatic ring is 1. The molecule has 2 aliphatic rings. The van der Waals surface area contributed by atoms with Crippen LogP contribution < -0.4 is 10.6 Å². The third kappa shape index (κ3) is 3.81. The highest BCUT2D eigenvalue weighted by molar-refractivity contribution is 5.91. The Bertz CT molecular complexity index is 1140. The van der Waals surface area contributed by atoms with Gasteiger partial charge in [0.1, 0.15) is 11.6 Å². The van der Waals surface area contributed by atoms with Crippen LogP contribution in [0.4, 0.5) is 11.5 Å². The molecular formula is C24H28N6O. The standard InChI is InChI=1S/C24H28N6O/c1-26-14-16-12-18(23(31)13-19(16)25)20-4-5-22-21(27-20)6-7-24(28-22)30-11-8-17(15-30)29-9-2-3-10-29/h4-7,12-14,17,31H,2-3,8-11,15,25H2,1H3. The topological polar surface area (TPSA) is 90.9 Å². The van der Waals surface area contributed by atoms with E-state index in [9.17, 15) is 5.11 Å². The Morgan fingerprint density at radius 1 is 1.06 bits per heavy atom. The van der Waals surface area contributed by atoms with Crippen molar-refractivity contribution in [1.82, 2.24) is 14.9 Å². The molecule has 5 rings (SSSR count). The first kappa shape index (κ1) is 19.8. The molecule has 2 fully saturated rings. The molecule has 0 spiro atoms. The summed E-state index contributed by atoms with van der Waals surface area (Å²) in [5.74, 6) is 1.12. The highest BCUT2D eigenvalue weighted by Crippen LogP contribution is 2.33. The van der Waals surface area contributed by atoms with E-state index in [1.807, 2.05) is 24.3 Å². The predicted molar refractivity (Wildman–Crippen MR) is 126 cm³/mol. The Morgan fingerprint density at radius 2 is 1.84 bits per heavy atom. The van der Waals surface area contributed by atoms with Crippen LogP contribution in [0.3, 0.4) is 0 Å². The molecule has 3 aromatic rings. The molecule has 0 bridgehead atoms. The van der Waals surface area contributed by atoms with E-state index in [1.54, 1.807) is 19.3 Å². The molecule has 0 aliphatic carbocycles. The molecule has 1 unspecified atom stereocenters. The molecule has 7 nitrogen and oxygen atoms in total. The normalized spacial score (nSPS) is 19.8. The molecule has 0 radical (unpaired) electrons. The molecule has 160 valence electrons. The Morgan fingerprint density at radius 3 is 2.65 bits per heavy atom. The fourth-order valence-corrected chi connectivity index (χ4v) is 4.76. The number of rotatable bonds is 4. The number of aromatic nitrogens is 2. The lowest BCUT2D eigenvalue weighted by Crippen LogP contribution is -2.35. The fourth-order valence-electron chi connectivity index (χ4n) is 4.76. The Labute approximate surface area is 182 Å². The minimum Gasteiger partial charge on any atom is -0.507 e. The number of nitrogens with two attached hydrogens (primary N) is 1. The molecule has 7 heteroatoms. The first-order valence-electron chi connectivity index (χ1n) is 10.9. The van der Waals surface area contributed by atoms with Crippen LogP contribution in [0.15, 0.2) is 41.4 Å². The number of phenols is 1. The molecular weight excluding hydrogens is 388 g/mol. The van der Waals surface area contributed by atoms with Gasteiger partial charge in [0, 0.05) is 55.3 Å². The summed E-state index contributed by atoms with van der Waals surface area (Å²) in [4.78, 5) is 18.7. The van der Waals surface area contributed by atoms with Gasteiger partial charge in [0.15, 0.2) is 0 Å². The van der Waals surface area contributed by atoms with Gasteiger partial charge in [-0.3, -0.25) is 9.89 Å². The number of fused-ring (bicyclic) bond motifs is 1. The summed E-state index contributed by atoms with van der Waals surface area (Å²) in [5, 5.41) is 10.4. The minimum atomic E-state index is 0.104. The van der Waals surface area contributed by atoms with Crippen LogP contribution in [0.2, 0.25) is 0 Å². The number of benzene rings is 1. The summed E-state index contributed by atoms with van der Waals surface area (Å²) in [6.07, 6.45) is 5.54. The number of phenolic OH excluding ortho intramolecular Hbond substituents is 1. The van der Waals surface area contributed by atoms with Gasteiger partial charge in [-0.2, -0.15) is 0 Å². The van der Waals surface area contributed by atoms with Crippen molar-refractivity contribution in [3.05, 3.63) is 42.0 Å². The fraction of sp³-hybridized carbons (Fsp3) is 0.375. The van der Waals surface area contributed by atoms with Gasteiger partial charge in [-0.15, -0.1) is 0 Å². The minimum absolute atomic E-state index is 0.104. The van der Waals surface area contributed by atoms with E-state index in [0.29, 0.717) is 23.0 Å². The first-order valence-corrected chi connectivity index (χ1v) is 10.9. The molecule has 2 aromatic heterocycles. The quantitative estimate of drug-likeness (QED) is 0.501. The summed E-state index contributed by atoms with van der Waals surface area (Å²) >= 11 is 0. The van der Waals surface area contributed by atoms with E-state index in [4.69, 9.17) is 15.7 Å². The number of aliphatic imine (C=N–C) groups is 1. The number of pyridine rings is 2. The molecule has 31 heavy (non-hydrogen) atoms. The lowest BCUT2D eigenvalue weighted by Gasteiger charge is -2.24. The number of hydrogen-bond acceptors (Lipinski definition) is 7. The van der Waals surface area contributed by atoms with Crippen molar-refractivity contribution in [3.8, 4) is 17.0 Å². The van der Waals surface area contributed by atoms with Gasteiger partial charge in [-0.05, 0) is 62.7 Å². The van der Waals surface area contributed by atoms with E-state index in [2.05, 4.69) is 20.9 Å². The van der Waals surface area contributed by atoms with Crippen molar-refractivity contribution in [3.63, 3.8) is 0 Å². The zero-order chi connectivity index (χ0) is 21.4. The number of hydrogen-bond donors (Lipinski definition) is 2. The predicted octanol–water partition coefficient (Wildman–Crippen LogP) is 3.31. The smallest absolute Gasteiger partial charge is 0.129 e. The third-order valence-corrected chi connectivity index (χ3v) is 6.42. The second-order valence-corrected chi connectivity index (χ2v) is 8.42. The maximum atomic E-state index is 10.4. The molecule has 2 saturated heterocycles. The van der Waals surface area contributed by atoms with E-state index < -0.39 is 0 Å². The van der Waals surface area contributed by atoms with Crippen LogP contribution in [0.25, 0.3) is 22.3 Å². The van der Waals surface area contributed by atoms with Crippen molar-refractivity contribution < 1.29 is 5.11 Å². The molecule has 1 atom stereocenters. The second kappa shape index (κ2) is 8.15. The van der Waals surface area contributed by atoms with Crippen molar-refractivity contribution in [2.24, 2.45) is 4.99 Å². The third-order valence-electron chi connectivity index (χ3n) is 6.42. The van der Waals surface area contributed by atoms with Crippen molar-refractivity contribution in [2.75, 3.05) is 43.9 Å². The van der Waals surface area contributed by atoms with E-state index >= 15 is 0 Å². The van der Waals surface area contributed by atoms with Crippen molar-refractivity contribution >= 4 is 28.8 Å². The van der Waals surface area contributed by atoms with Crippen LogP contribution in [0, 0.1) is 0 Å². The number of nitrogens with zero attached hydrogens (tertiary/aromatic N) is 5. The monoisotopic (exact) mass is 416 g/mol. The average Bonchev–Trinajstić information content (AvgIpc) is 3.47. The van der Waals surface area contributed by atoms with Crippen molar-refractivity contribution in [1.29, 1.82) is 0 Å². The van der Waals surface area contributed by atoms with Gasteiger partial charge in [0.2, 0.25) is 0 Å². The van der Waals surface area contributed by atoms with Gasteiger partial charge >= 0.3 is 0 Å². The molecule has 4 heterocycles. The first-order chi connectivity index (χ1) is 15.1. The lowest BCUT2D eigenvalue weighted by atomic mass is 10.0. The van der Waals surface area contributed by atoms with E-state index in [-0.39, 0.29) is 5.75 Å². The van der Waals surface area contributed by atoms with Gasteiger partial charge in [-0.25, -0.2) is 9.97 Å². The van der Waals surface area contributed by atoms with Crippen molar-refractivity contribution in [2.45, 2.75) is 25.3 Å². The maximum absolute atomic E-state index is 10.4. The van der Waals surface area contributed by atoms with E-state index in [1.165, 1.54) is 32.4 Å². The largest absolute Gasteiger partial charge is 0.507 e. The van der Waals surface area contributed by atoms with Crippen LogP contribution in [-0.4, -0.2) is 65.5 Å². The summed E-state index contributed by atoms with van der Waals surface area (Å²) < 4.78 is 0. The van der Waals surface area contributed by atoms with Crippen LogP contribution in [-0.2, 0) is 0 Å². The molecule has 1 aromatic carbocycles. The van der Waals surface area contributed by atoms with Gasteiger partial charge in [-0.1, -0.05) is 0 Å². The van der Waals surface area contributed by atoms with Crippen LogP contribution in [0.5, 0.6) is 5.75 Å². The number of aromatic hydroxyl groups is 1. The molecule has 2 aliphatic heterocycles.